The zero-order chi connectivity index (χ0) is 12.7. The molecule has 1 heterocycles. The van der Waals surface area contributed by atoms with Crippen LogP contribution in [-0.4, -0.2) is 36.0 Å². The summed E-state index contributed by atoms with van der Waals surface area (Å²) in [5.41, 5.74) is 5.60. The minimum Gasteiger partial charge on any atom is -0.387 e. The average Bonchev–Trinajstić information content (AvgIpc) is 2.27. The maximum atomic E-state index is 10.5. The van der Waals surface area contributed by atoms with Gasteiger partial charge in [0.1, 0.15) is 0 Å². The molecule has 1 atom stereocenters. The number of pyridine rings is 1. The van der Waals surface area contributed by atoms with Crippen LogP contribution in [0.15, 0.2) is 22.9 Å². The Labute approximate surface area is 110 Å². The summed E-state index contributed by atoms with van der Waals surface area (Å²) < 4.78 is 5.99. The first kappa shape index (κ1) is 14.6. The molecule has 0 aromatic carbocycles. The van der Waals surface area contributed by atoms with Crippen LogP contribution < -0.4 is 5.73 Å². The highest BCUT2D eigenvalue weighted by Crippen LogP contribution is 2.21. The summed E-state index contributed by atoms with van der Waals surface area (Å²) >= 11 is 3.37. The third kappa shape index (κ3) is 5.12. The molecule has 4 nitrogen and oxygen atoms in total. The van der Waals surface area contributed by atoms with Crippen LogP contribution in [-0.2, 0) is 11.2 Å². The van der Waals surface area contributed by atoms with Crippen LogP contribution in [0.25, 0.3) is 0 Å². The van der Waals surface area contributed by atoms with Gasteiger partial charge in [-0.25, -0.2) is 0 Å². The van der Waals surface area contributed by atoms with Gasteiger partial charge >= 0.3 is 0 Å². The van der Waals surface area contributed by atoms with Gasteiger partial charge in [-0.2, -0.15) is 0 Å². The van der Waals surface area contributed by atoms with E-state index in [1.807, 2.05) is 6.07 Å². The Hall–Kier alpha value is -0.490. The number of aromatic nitrogens is 1. The summed E-state index contributed by atoms with van der Waals surface area (Å²) in [6, 6.07) is 1.95. The number of nitrogens with zero attached hydrogens (tertiary/aromatic N) is 1. The zero-order valence-corrected chi connectivity index (χ0v) is 11.6. The van der Waals surface area contributed by atoms with Gasteiger partial charge in [0.25, 0.3) is 0 Å². The molecule has 0 fully saturated rings. The third-order valence-corrected chi connectivity index (χ3v) is 2.99. The molecule has 1 aromatic heterocycles. The Morgan fingerprint density at radius 3 is 2.88 bits per heavy atom. The first-order valence-corrected chi connectivity index (χ1v) is 6.40. The largest absolute Gasteiger partial charge is 0.387 e. The molecule has 0 saturated heterocycles. The third-order valence-electron chi connectivity index (χ3n) is 2.55. The molecule has 0 radical (unpaired) electrons. The Morgan fingerprint density at radius 2 is 2.29 bits per heavy atom. The van der Waals surface area contributed by atoms with E-state index in [1.165, 1.54) is 0 Å². The minimum absolute atomic E-state index is 0.305. The van der Waals surface area contributed by atoms with Crippen LogP contribution >= 0.6 is 15.9 Å². The van der Waals surface area contributed by atoms with Crippen molar-refractivity contribution in [2.24, 2.45) is 5.73 Å². The second-order valence-electron chi connectivity index (χ2n) is 4.24. The predicted molar refractivity (Wildman–Crippen MR) is 70.8 cm³/mol. The van der Waals surface area contributed by atoms with Crippen molar-refractivity contribution < 1.29 is 9.84 Å². The lowest BCUT2D eigenvalue weighted by atomic mass is 9.91. The molecule has 3 N–H and O–H groups in total. The molecule has 0 amide bonds. The molecule has 0 saturated carbocycles. The number of hydrogen-bond acceptors (Lipinski definition) is 4. The van der Waals surface area contributed by atoms with Crippen LogP contribution in [0.1, 0.15) is 18.4 Å². The summed E-state index contributed by atoms with van der Waals surface area (Å²) in [5, 5.41) is 10.5. The topological polar surface area (TPSA) is 68.4 Å². The van der Waals surface area contributed by atoms with Crippen LogP contribution in [0.4, 0.5) is 0 Å². The standard InChI is InChI=1S/C12H19BrN2O2/c1-17-9-12(16,3-2-4-14)6-10-5-11(13)8-15-7-10/h5,7-8,16H,2-4,6,9,14H2,1H3. The van der Waals surface area contributed by atoms with Crippen molar-refractivity contribution in [1.82, 2.24) is 4.98 Å². The smallest absolute Gasteiger partial charge is 0.0921 e. The highest BCUT2D eigenvalue weighted by molar-refractivity contribution is 9.10. The van der Waals surface area contributed by atoms with Crippen molar-refractivity contribution in [2.45, 2.75) is 24.9 Å². The molecular weight excluding hydrogens is 284 g/mol. The Balaban J connectivity index is 2.71. The van der Waals surface area contributed by atoms with Gasteiger partial charge in [-0.05, 0) is 46.9 Å². The van der Waals surface area contributed by atoms with Gasteiger partial charge in [-0.1, -0.05) is 0 Å². The zero-order valence-electron chi connectivity index (χ0n) is 10.0. The quantitative estimate of drug-likeness (QED) is 0.801. The number of halogens is 1. The second kappa shape index (κ2) is 7.06. The van der Waals surface area contributed by atoms with Gasteiger partial charge < -0.3 is 15.6 Å². The fourth-order valence-electron chi connectivity index (χ4n) is 1.84. The van der Waals surface area contributed by atoms with E-state index in [-0.39, 0.29) is 0 Å². The van der Waals surface area contributed by atoms with Crippen LogP contribution in [0.2, 0.25) is 0 Å². The summed E-state index contributed by atoms with van der Waals surface area (Å²) in [6.07, 6.45) is 5.41. The number of ether oxygens (including phenoxy) is 1. The van der Waals surface area contributed by atoms with Crippen LogP contribution in [0.5, 0.6) is 0 Å². The summed E-state index contributed by atoms with van der Waals surface area (Å²) in [5.74, 6) is 0. The fraction of sp³-hybridized carbons (Fsp3) is 0.583. The Morgan fingerprint density at radius 1 is 1.53 bits per heavy atom. The van der Waals surface area contributed by atoms with Gasteiger partial charge in [0.15, 0.2) is 0 Å². The highest BCUT2D eigenvalue weighted by Gasteiger charge is 2.26. The monoisotopic (exact) mass is 302 g/mol. The van der Waals surface area contributed by atoms with Gasteiger partial charge in [0.2, 0.25) is 0 Å². The van der Waals surface area contributed by atoms with E-state index in [2.05, 4.69) is 20.9 Å². The maximum absolute atomic E-state index is 10.5. The molecule has 0 bridgehead atoms. The summed E-state index contributed by atoms with van der Waals surface area (Å²) in [6.45, 7) is 0.877. The molecule has 0 spiro atoms. The van der Waals surface area contributed by atoms with E-state index in [1.54, 1.807) is 19.5 Å². The van der Waals surface area contributed by atoms with E-state index in [0.29, 0.717) is 26.0 Å². The van der Waals surface area contributed by atoms with E-state index in [4.69, 9.17) is 10.5 Å². The molecule has 0 aliphatic rings. The van der Waals surface area contributed by atoms with Crippen molar-refractivity contribution in [3.8, 4) is 0 Å². The van der Waals surface area contributed by atoms with Gasteiger partial charge in [-0.15, -0.1) is 0 Å². The van der Waals surface area contributed by atoms with E-state index < -0.39 is 5.60 Å². The first-order valence-electron chi connectivity index (χ1n) is 5.60. The molecule has 1 rings (SSSR count). The number of methoxy groups -OCH3 is 1. The minimum atomic E-state index is -0.864. The predicted octanol–water partition coefficient (Wildman–Crippen LogP) is 1.50. The van der Waals surface area contributed by atoms with Crippen LogP contribution in [0, 0.1) is 0 Å². The molecule has 0 aliphatic heterocycles. The van der Waals surface area contributed by atoms with Crippen molar-refractivity contribution in [1.29, 1.82) is 0 Å². The lowest BCUT2D eigenvalue weighted by Gasteiger charge is -2.27. The van der Waals surface area contributed by atoms with Gasteiger partial charge in [-0.3, -0.25) is 4.98 Å². The van der Waals surface area contributed by atoms with E-state index >= 15 is 0 Å². The lowest BCUT2D eigenvalue weighted by molar-refractivity contribution is -0.0375. The highest BCUT2D eigenvalue weighted by atomic mass is 79.9. The molecule has 17 heavy (non-hydrogen) atoms. The lowest BCUT2D eigenvalue weighted by Crippen LogP contribution is -2.37. The van der Waals surface area contributed by atoms with Crippen molar-refractivity contribution in [2.75, 3.05) is 20.3 Å². The average molecular weight is 303 g/mol. The molecular formula is C12H19BrN2O2. The Kier molecular flexibility index (Phi) is 6.05. The van der Waals surface area contributed by atoms with Gasteiger partial charge in [0, 0.05) is 30.4 Å². The number of nitrogens with two attached hydrogens (primary N) is 1. The molecule has 1 aromatic rings. The van der Waals surface area contributed by atoms with E-state index in [9.17, 15) is 5.11 Å². The summed E-state index contributed by atoms with van der Waals surface area (Å²) in [7, 11) is 1.59. The fourth-order valence-corrected chi connectivity index (χ4v) is 2.26. The van der Waals surface area contributed by atoms with Crippen molar-refractivity contribution in [3.63, 3.8) is 0 Å². The Bertz CT molecular complexity index is 349. The van der Waals surface area contributed by atoms with Crippen molar-refractivity contribution in [3.05, 3.63) is 28.5 Å². The number of aliphatic hydroxyl groups is 1. The molecule has 5 heteroatoms. The maximum Gasteiger partial charge on any atom is 0.0921 e. The van der Waals surface area contributed by atoms with E-state index in [0.717, 1.165) is 16.5 Å². The first-order chi connectivity index (χ1) is 8.09. The molecule has 96 valence electrons. The SMILES string of the molecule is COCC(O)(CCCN)Cc1cncc(Br)c1. The number of hydrogen-bond donors (Lipinski definition) is 2. The van der Waals surface area contributed by atoms with Crippen molar-refractivity contribution >= 4 is 15.9 Å². The molecule has 0 aliphatic carbocycles. The number of rotatable bonds is 7. The second-order valence-corrected chi connectivity index (χ2v) is 5.15. The van der Waals surface area contributed by atoms with Crippen LogP contribution in [0.3, 0.4) is 0 Å². The summed E-state index contributed by atoms with van der Waals surface area (Å²) in [4.78, 5) is 4.09. The van der Waals surface area contributed by atoms with Gasteiger partial charge in [0.05, 0.1) is 12.2 Å². The normalized spacial score (nSPS) is 14.6. The molecule has 1 unspecified atom stereocenters.